The van der Waals surface area contributed by atoms with Gasteiger partial charge in [0, 0.05) is 18.3 Å². The number of H-pyrrole nitrogens is 1. The van der Waals surface area contributed by atoms with Gasteiger partial charge in [-0.05, 0) is 48.8 Å². The molecular weight excluding hydrogens is 504 g/mol. The summed E-state index contributed by atoms with van der Waals surface area (Å²) in [5.41, 5.74) is 7.37. The summed E-state index contributed by atoms with van der Waals surface area (Å²) in [4.78, 5) is 57.7. The molecule has 12 heteroatoms. The minimum Gasteiger partial charge on any atom is -0.508 e. The van der Waals surface area contributed by atoms with Gasteiger partial charge in [0.25, 0.3) is 0 Å². The number of aromatic amines is 1. The van der Waals surface area contributed by atoms with E-state index < -0.39 is 47.9 Å². The van der Waals surface area contributed by atoms with Crippen molar-refractivity contribution in [1.29, 1.82) is 0 Å². The molecule has 0 bridgehead atoms. The highest BCUT2D eigenvalue weighted by atomic mass is 16.4. The topological polar surface area (TPSA) is 200 Å². The average molecular weight is 545 g/mol. The zero-order chi connectivity index (χ0) is 29.1. The molecule has 4 unspecified atom stereocenters. The number of carbonyl (C=O) groups excluding carboxylic acids is 3. The maximum Gasteiger partial charge on any atom is 0.326 e. The van der Waals surface area contributed by atoms with Gasteiger partial charge in [-0.15, -0.1) is 0 Å². The zero-order valence-electron chi connectivity index (χ0n) is 22.8. The molecule has 1 aromatic carbocycles. The molecule has 0 aliphatic heterocycles. The molecule has 0 aliphatic rings. The van der Waals surface area contributed by atoms with Gasteiger partial charge in [-0.1, -0.05) is 39.8 Å². The summed E-state index contributed by atoms with van der Waals surface area (Å²) in [6.45, 7) is 7.55. The Bertz CT molecular complexity index is 1090. The van der Waals surface area contributed by atoms with E-state index in [0.717, 1.165) is 5.56 Å². The number of nitrogens with one attached hydrogen (secondary N) is 4. The Morgan fingerprint density at radius 1 is 0.846 bits per heavy atom. The highest BCUT2D eigenvalue weighted by molar-refractivity contribution is 5.94. The lowest BCUT2D eigenvalue weighted by atomic mass is 9.99. The molecule has 39 heavy (non-hydrogen) atoms. The Morgan fingerprint density at radius 3 is 1.82 bits per heavy atom. The largest absolute Gasteiger partial charge is 0.508 e. The number of aromatic hydroxyl groups is 1. The number of phenolic OH excluding ortho intramolecular Hbond substituents is 1. The van der Waals surface area contributed by atoms with Crippen molar-refractivity contribution >= 4 is 23.7 Å². The number of benzene rings is 1. The summed E-state index contributed by atoms with van der Waals surface area (Å²) in [6, 6.07) is 2.18. The van der Waals surface area contributed by atoms with Crippen LogP contribution in [0, 0.1) is 11.8 Å². The highest BCUT2D eigenvalue weighted by Crippen LogP contribution is 2.13. The molecule has 0 saturated carbocycles. The lowest BCUT2D eigenvalue weighted by Crippen LogP contribution is -2.57. The van der Waals surface area contributed by atoms with Gasteiger partial charge in [-0.3, -0.25) is 14.4 Å². The van der Waals surface area contributed by atoms with Crippen LogP contribution in [0.3, 0.4) is 0 Å². The number of nitrogens with zero attached hydrogens (tertiary/aromatic N) is 1. The van der Waals surface area contributed by atoms with Crippen LogP contribution in [0.2, 0.25) is 0 Å². The van der Waals surface area contributed by atoms with E-state index in [0.29, 0.717) is 12.1 Å². The number of rotatable bonds is 15. The predicted molar refractivity (Wildman–Crippen MR) is 144 cm³/mol. The van der Waals surface area contributed by atoms with E-state index >= 15 is 0 Å². The number of hydrogen-bond acceptors (Lipinski definition) is 7. The van der Waals surface area contributed by atoms with Crippen molar-refractivity contribution in [3.05, 3.63) is 48.0 Å². The third-order valence-corrected chi connectivity index (χ3v) is 6.00. The van der Waals surface area contributed by atoms with Crippen LogP contribution in [-0.4, -0.2) is 68.0 Å². The number of imidazole rings is 1. The fourth-order valence-corrected chi connectivity index (χ4v) is 4.02. The number of carboxylic acids is 1. The van der Waals surface area contributed by atoms with Crippen LogP contribution in [0.1, 0.15) is 51.8 Å². The lowest BCUT2D eigenvalue weighted by molar-refractivity contribution is -0.142. The van der Waals surface area contributed by atoms with Crippen LogP contribution in [-0.2, 0) is 32.0 Å². The number of carbonyl (C=O) groups is 4. The first kappa shape index (κ1) is 31.3. The molecule has 4 atom stereocenters. The first-order valence-electron chi connectivity index (χ1n) is 13.0. The third-order valence-electron chi connectivity index (χ3n) is 6.00. The molecule has 0 aliphatic carbocycles. The van der Waals surface area contributed by atoms with Crippen molar-refractivity contribution in [2.24, 2.45) is 17.6 Å². The Hall–Kier alpha value is -3.93. The molecule has 214 valence electrons. The van der Waals surface area contributed by atoms with Crippen molar-refractivity contribution in [3.8, 4) is 5.75 Å². The van der Waals surface area contributed by atoms with E-state index in [-0.39, 0.29) is 36.8 Å². The van der Waals surface area contributed by atoms with Crippen molar-refractivity contribution < 1.29 is 29.4 Å². The highest BCUT2D eigenvalue weighted by Gasteiger charge is 2.31. The van der Waals surface area contributed by atoms with Crippen molar-refractivity contribution in [1.82, 2.24) is 25.9 Å². The fraction of sp³-hybridized carbons (Fsp3) is 0.519. The molecule has 0 saturated heterocycles. The van der Waals surface area contributed by atoms with Gasteiger partial charge in [-0.25, -0.2) is 9.78 Å². The molecule has 2 aromatic rings. The van der Waals surface area contributed by atoms with E-state index in [2.05, 4.69) is 25.9 Å². The van der Waals surface area contributed by atoms with Gasteiger partial charge < -0.3 is 36.9 Å². The van der Waals surface area contributed by atoms with Gasteiger partial charge in [0.15, 0.2) is 0 Å². The van der Waals surface area contributed by atoms with E-state index in [1.807, 2.05) is 27.7 Å². The van der Waals surface area contributed by atoms with Gasteiger partial charge in [0.05, 0.1) is 12.4 Å². The number of phenols is 1. The fourth-order valence-electron chi connectivity index (χ4n) is 4.02. The number of carboxylic acid groups (broad SMARTS) is 1. The average Bonchev–Trinajstić information content (AvgIpc) is 3.36. The molecule has 2 rings (SSSR count). The molecule has 0 radical (unpaired) electrons. The van der Waals surface area contributed by atoms with Crippen LogP contribution in [0.5, 0.6) is 5.75 Å². The summed E-state index contributed by atoms with van der Waals surface area (Å²) in [7, 11) is 0. The summed E-state index contributed by atoms with van der Waals surface area (Å²) < 4.78 is 0. The maximum absolute atomic E-state index is 13.3. The second-order valence-electron chi connectivity index (χ2n) is 10.5. The second kappa shape index (κ2) is 14.9. The van der Waals surface area contributed by atoms with Gasteiger partial charge in [0.1, 0.15) is 23.9 Å². The first-order chi connectivity index (χ1) is 18.3. The molecule has 1 aromatic heterocycles. The van der Waals surface area contributed by atoms with Crippen LogP contribution < -0.4 is 21.7 Å². The SMILES string of the molecule is CC(C)CC(NC(=O)C(N)Cc1ccc(O)cc1)C(=O)NC(CC(C)C)C(=O)NC(Cc1cnc[nH]1)C(=O)O. The molecular formula is C27H40N6O6. The van der Waals surface area contributed by atoms with Gasteiger partial charge in [-0.2, -0.15) is 0 Å². The quantitative estimate of drug-likeness (QED) is 0.171. The Kier molecular flexibility index (Phi) is 11.9. The molecule has 8 N–H and O–H groups in total. The van der Waals surface area contributed by atoms with Crippen LogP contribution in [0.4, 0.5) is 0 Å². The summed E-state index contributed by atoms with van der Waals surface area (Å²) >= 11 is 0. The number of hydrogen-bond donors (Lipinski definition) is 7. The van der Waals surface area contributed by atoms with Gasteiger partial charge >= 0.3 is 5.97 Å². The summed E-state index contributed by atoms with van der Waals surface area (Å²) in [5, 5.41) is 27.0. The molecule has 1 heterocycles. The normalized spacial score (nSPS) is 14.3. The van der Waals surface area contributed by atoms with Crippen LogP contribution in [0.15, 0.2) is 36.8 Å². The Labute approximate surface area is 228 Å². The van der Waals surface area contributed by atoms with Gasteiger partial charge in [0.2, 0.25) is 17.7 Å². The first-order valence-corrected chi connectivity index (χ1v) is 13.0. The van der Waals surface area contributed by atoms with Crippen LogP contribution in [0.25, 0.3) is 0 Å². The van der Waals surface area contributed by atoms with E-state index in [9.17, 15) is 29.4 Å². The summed E-state index contributed by atoms with van der Waals surface area (Å²) in [5.74, 6) is -2.80. The molecule has 12 nitrogen and oxygen atoms in total. The number of amides is 3. The third kappa shape index (κ3) is 10.8. The monoisotopic (exact) mass is 544 g/mol. The standard InChI is InChI=1S/C27H40N6O6/c1-15(2)9-21(31-24(35)20(28)11-17-5-7-19(34)8-6-17)25(36)32-22(10-16(3)4)26(37)33-23(27(38)39)12-18-13-29-14-30-18/h5-8,13-16,20-23,34H,9-12,28H2,1-4H3,(H,29,30)(H,31,35)(H,32,36)(H,33,37)(H,38,39). The van der Waals surface area contributed by atoms with E-state index in [1.54, 1.807) is 12.1 Å². The van der Waals surface area contributed by atoms with Crippen molar-refractivity contribution in [2.75, 3.05) is 0 Å². The second-order valence-corrected chi connectivity index (χ2v) is 10.5. The van der Waals surface area contributed by atoms with Crippen molar-refractivity contribution in [2.45, 2.75) is 77.5 Å². The smallest absolute Gasteiger partial charge is 0.326 e. The predicted octanol–water partition coefficient (Wildman–Crippen LogP) is 0.859. The minimum atomic E-state index is -1.23. The number of aromatic nitrogens is 2. The lowest BCUT2D eigenvalue weighted by Gasteiger charge is -2.27. The Balaban J connectivity index is 2.11. The van der Waals surface area contributed by atoms with Crippen molar-refractivity contribution in [3.63, 3.8) is 0 Å². The maximum atomic E-state index is 13.3. The molecule has 3 amide bonds. The number of nitrogens with two attached hydrogens (primary N) is 1. The molecule has 0 fully saturated rings. The van der Waals surface area contributed by atoms with E-state index in [1.165, 1.54) is 24.7 Å². The summed E-state index contributed by atoms with van der Waals surface area (Å²) in [6.07, 6.45) is 3.65. The zero-order valence-corrected chi connectivity index (χ0v) is 22.8. The Morgan fingerprint density at radius 2 is 1.36 bits per heavy atom. The number of aliphatic carboxylic acids is 1. The molecule has 0 spiro atoms. The van der Waals surface area contributed by atoms with E-state index in [4.69, 9.17) is 5.73 Å². The van der Waals surface area contributed by atoms with Crippen LogP contribution >= 0.6 is 0 Å². The minimum absolute atomic E-state index is 0.00559.